The quantitative estimate of drug-likeness (QED) is 0.312. The van der Waals surface area contributed by atoms with E-state index < -0.39 is 6.17 Å². The smallest absolute Gasteiger partial charge is 0.249 e. The van der Waals surface area contributed by atoms with E-state index in [4.69, 9.17) is 0 Å². The van der Waals surface area contributed by atoms with E-state index in [0.29, 0.717) is 25.3 Å². The number of aromatic nitrogens is 3. The normalized spacial score (nSPS) is 18.0. The largest absolute Gasteiger partial charge is 0.307 e. The summed E-state index contributed by atoms with van der Waals surface area (Å²) in [5, 5.41) is 9.83. The number of hydrogen-bond acceptors (Lipinski definition) is 5. The van der Waals surface area contributed by atoms with Gasteiger partial charge in [0.25, 0.3) is 0 Å². The van der Waals surface area contributed by atoms with Crippen LogP contribution in [-0.2, 0) is 9.59 Å². The van der Waals surface area contributed by atoms with Gasteiger partial charge in [-0.05, 0) is 68.4 Å². The molecule has 2 atom stereocenters. The van der Waals surface area contributed by atoms with Gasteiger partial charge < -0.3 is 5.32 Å². The summed E-state index contributed by atoms with van der Waals surface area (Å²) in [6.07, 6.45) is 7.39. The molecule has 2 N–H and O–H groups in total. The summed E-state index contributed by atoms with van der Waals surface area (Å²) in [7, 11) is 0. The molecule has 2 aliphatic rings. The third-order valence-corrected chi connectivity index (χ3v) is 7.27. The summed E-state index contributed by atoms with van der Waals surface area (Å²) in [4.78, 5) is 30.5. The first-order valence-electron chi connectivity index (χ1n) is 14.1. The maximum atomic E-state index is 13.2. The van der Waals surface area contributed by atoms with Crippen LogP contribution in [0.4, 0.5) is 10.2 Å². The molecule has 0 bridgehead atoms. The molecular weight excluding hydrogens is 505 g/mol. The van der Waals surface area contributed by atoms with E-state index in [1.807, 2.05) is 42.2 Å². The highest BCUT2D eigenvalue weighted by molar-refractivity contribution is 5.98. The zero-order valence-electron chi connectivity index (χ0n) is 23.9. The number of nitrogens with zero attached hydrogens (tertiary/aromatic N) is 3. The number of halogens is 1. The summed E-state index contributed by atoms with van der Waals surface area (Å²) < 4.78 is 13.2. The number of nitrogens with one attached hydrogen (secondary N) is 2. The molecule has 212 valence electrons. The second kappa shape index (κ2) is 13.6. The molecule has 1 saturated heterocycles. The standard InChI is InChI=1S/C25H30FN3O2.C7H10N2/c1-17(2)25(18(3)30)20-7-4-6-19(14-20)21-9-10-23(27-15-21)28-24(31)8-5-12-29-13-11-22(26)16-29;1-5-4-7(9-8-5)6-2-3-6/h4-10,14-15,17,22,25H,11-13,16H2,1-3H3,(H,27,28,31);4,6H,2-3H2,1H3,(H,8,9)/b8-5+;. The van der Waals surface area contributed by atoms with E-state index in [1.165, 1.54) is 30.3 Å². The number of carbonyl (C=O) groups is 2. The molecule has 2 aromatic heterocycles. The van der Waals surface area contributed by atoms with Crippen LogP contribution in [0.25, 0.3) is 11.1 Å². The molecule has 1 amide bonds. The van der Waals surface area contributed by atoms with Crippen LogP contribution >= 0.6 is 0 Å². The zero-order chi connectivity index (χ0) is 28.6. The molecule has 1 aliphatic heterocycles. The number of H-pyrrole nitrogens is 1. The molecule has 40 heavy (non-hydrogen) atoms. The lowest BCUT2D eigenvalue weighted by Gasteiger charge is -2.19. The highest BCUT2D eigenvalue weighted by atomic mass is 19.1. The van der Waals surface area contributed by atoms with Gasteiger partial charge in [-0.25, -0.2) is 9.37 Å². The molecule has 2 fully saturated rings. The van der Waals surface area contributed by atoms with Crippen LogP contribution in [0.2, 0.25) is 0 Å². The van der Waals surface area contributed by atoms with Crippen molar-refractivity contribution >= 4 is 17.5 Å². The van der Waals surface area contributed by atoms with Gasteiger partial charge in [0.2, 0.25) is 5.91 Å². The van der Waals surface area contributed by atoms with E-state index in [1.54, 1.807) is 25.3 Å². The second-order valence-electron chi connectivity index (χ2n) is 11.2. The van der Waals surface area contributed by atoms with Crippen molar-refractivity contribution in [2.45, 2.75) is 65.0 Å². The van der Waals surface area contributed by atoms with Gasteiger partial charge in [-0.15, -0.1) is 0 Å². The molecule has 3 heterocycles. The first-order valence-corrected chi connectivity index (χ1v) is 14.1. The van der Waals surface area contributed by atoms with Crippen molar-refractivity contribution in [2.75, 3.05) is 25.0 Å². The molecule has 0 spiro atoms. The number of carbonyl (C=O) groups excluding carboxylic acids is 2. The number of alkyl halides is 1. The molecule has 1 aliphatic carbocycles. The van der Waals surface area contributed by atoms with Crippen LogP contribution < -0.4 is 5.32 Å². The van der Waals surface area contributed by atoms with Crippen LogP contribution in [-0.4, -0.2) is 57.6 Å². The summed E-state index contributed by atoms with van der Waals surface area (Å²) >= 11 is 0. The summed E-state index contributed by atoms with van der Waals surface area (Å²) in [5.41, 5.74) is 5.33. The Morgan fingerprint density at radius 2 is 1.95 bits per heavy atom. The van der Waals surface area contributed by atoms with Gasteiger partial charge in [0.1, 0.15) is 17.8 Å². The fourth-order valence-electron chi connectivity index (χ4n) is 5.09. The van der Waals surface area contributed by atoms with Gasteiger partial charge in [-0.2, -0.15) is 5.10 Å². The fraction of sp³-hybridized carbons (Fsp3) is 0.438. The Hall–Kier alpha value is -3.65. The first-order chi connectivity index (χ1) is 19.2. The lowest BCUT2D eigenvalue weighted by Crippen LogP contribution is -2.21. The third kappa shape index (κ3) is 8.42. The van der Waals surface area contributed by atoms with Gasteiger partial charge in [-0.3, -0.25) is 19.6 Å². The predicted octanol–water partition coefficient (Wildman–Crippen LogP) is 6.21. The summed E-state index contributed by atoms with van der Waals surface area (Å²) in [5.74, 6) is 1.23. The Bertz CT molecular complexity index is 1310. The minimum atomic E-state index is -0.760. The highest BCUT2D eigenvalue weighted by Crippen LogP contribution is 2.38. The van der Waals surface area contributed by atoms with Crippen LogP contribution in [0.5, 0.6) is 0 Å². The maximum Gasteiger partial charge on any atom is 0.249 e. The molecule has 5 rings (SSSR count). The second-order valence-corrected chi connectivity index (χ2v) is 11.2. The predicted molar refractivity (Wildman–Crippen MR) is 157 cm³/mol. The number of Topliss-reactive ketones (excluding diaryl/α,β-unsaturated/α-hetero) is 1. The minimum Gasteiger partial charge on any atom is -0.307 e. The van der Waals surface area contributed by atoms with Crippen molar-refractivity contribution in [3.63, 3.8) is 0 Å². The minimum absolute atomic E-state index is 0.130. The molecule has 0 radical (unpaired) electrons. The number of hydrogen-bond donors (Lipinski definition) is 2. The zero-order valence-corrected chi connectivity index (χ0v) is 23.9. The topological polar surface area (TPSA) is 91.0 Å². The fourth-order valence-corrected chi connectivity index (χ4v) is 5.09. The Labute approximate surface area is 236 Å². The van der Waals surface area contributed by atoms with Gasteiger partial charge in [0.15, 0.2) is 0 Å². The number of rotatable bonds is 9. The number of aryl methyl sites for hydroxylation is 1. The molecule has 1 aromatic carbocycles. The van der Waals surface area contributed by atoms with Gasteiger partial charge in [0, 0.05) is 55.0 Å². The SMILES string of the molecule is CC(=O)C(c1cccc(-c2ccc(NC(=O)/C=C/CN3CCC(F)C3)nc2)c1)C(C)C.Cc1cc(C2CC2)n[nH]1. The Balaban J connectivity index is 0.000000343. The third-order valence-electron chi connectivity index (χ3n) is 7.27. The van der Waals surface area contributed by atoms with Crippen molar-refractivity contribution < 1.29 is 14.0 Å². The number of aromatic amines is 1. The lowest BCUT2D eigenvalue weighted by atomic mass is 9.84. The summed E-state index contributed by atoms with van der Waals surface area (Å²) in [6.45, 7) is 9.49. The van der Waals surface area contributed by atoms with Crippen LogP contribution in [0.15, 0.2) is 60.8 Å². The molecule has 8 heteroatoms. The van der Waals surface area contributed by atoms with Crippen LogP contribution in [0.3, 0.4) is 0 Å². The van der Waals surface area contributed by atoms with Crippen molar-refractivity contribution in [1.29, 1.82) is 0 Å². The van der Waals surface area contributed by atoms with Gasteiger partial charge >= 0.3 is 0 Å². The maximum absolute atomic E-state index is 13.2. The Morgan fingerprint density at radius 1 is 1.15 bits per heavy atom. The number of ketones is 1. The number of anilines is 1. The Kier molecular flexibility index (Phi) is 9.98. The number of amides is 1. The van der Waals surface area contributed by atoms with E-state index >= 15 is 0 Å². The van der Waals surface area contributed by atoms with Gasteiger partial charge in [0.05, 0.1) is 5.69 Å². The molecule has 7 nitrogen and oxygen atoms in total. The van der Waals surface area contributed by atoms with E-state index in [0.717, 1.165) is 29.2 Å². The average molecular weight is 546 g/mol. The van der Waals surface area contributed by atoms with E-state index in [2.05, 4.69) is 40.4 Å². The molecule has 1 saturated carbocycles. The molecule has 2 unspecified atom stereocenters. The van der Waals surface area contributed by atoms with E-state index in [9.17, 15) is 14.0 Å². The van der Waals surface area contributed by atoms with Crippen molar-refractivity contribution in [3.05, 3.63) is 77.8 Å². The number of likely N-dealkylation sites (tertiary alicyclic amines) is 1. The number of benzene rings is 1. The van der Waals surface area contributed by atoms with Crippen LogP contribution in [0, 0.1) is 12.8 Å². The van der Waals surface area contributed by atoms with E-state index in [-0.39, 0.29) is 23.5 Å². The monoisotopic (exact) mass is 545 g/mol. The molecular formula is C32H40FN5O2. The summed E-state index contributed by atoms with van der Waals surface area (Å²) in [6, 6.07) is 13.7. The highest BCUT2D eigenvalue weighted by Gasteiger charge is 2.25. The average Bonchev–Trinajstić information content (AvgIpc) is 3.54. The number of pyridine rings is 1. The molecule has 3 aromatic rings. The van der Waals surface area contributed by atoms with Crippen LogP contribution in [0.1, 0.15) is 68.8 Å². The van der Waals surface area contributed by atoms with Gasteiger partial charge in [-0.1, -0.05) is 44.2 Å². The lowest BCUT2D eigenvalue weighted by molar-refractivity contribution is -0.119. The first kappa shape index (κ1) is 29.3. The van der Waals surface area contributed by atoms with Crippen molar-refractivity contribution in [3.8, 4) is 11.1 Å². The Morgan fingerprint density at radius 3 is 2.52 bits per heavy atom. The van der Waals surface area contributed by atoms with Crippen molar-refractivity contribution in [2.24, 2.45) is 5.92 Å². The van der Waals surface area contributed by atoms with Crippen molar-refractivity contribution in [1.82, 2.24) is 20.1 Å².